The van der Waals surface area contributed by atoms with Gasteiger partial charge in [0.05, 0.1) is 6.61 Å². The first-order valence-corrected chi connectivity index (χ1v) is 5.07. The molecule has 0 fully saturated rings. The third kappa shape index (κ3) is 2.77. The zero-order valence-corrected chi connectivity index (χ0v) is 9.17. The summed E-state index contributed by atoms with van der Waals surface area (Å²) in [7, 11) is 0. The van der Waals surface area contributed by atoms with Gasteiger partial charge in [0, 0.05) is 5.69 Å². The van der Waals surface area contributed by atoms with Gasteiger partial charge in [-0.05, 0) is 36.4 Å². The van der Waals surface area contributed by atoms with Gasteiger partial charge >= 0.3 is 0 Å². The Bertz CT molecular complexity index is 480. The third-order valence-corrected chi connectivity index (χ3v) is 1.97. The molecule has 0 aliphatic carbocycles. The maximum Gasteiger partial charge on any atom is 0.297 e. The van der Waals surface area contributed by atoms with Gasteiger partial charge in [-0.1, -0.05) is 0 Å². The van der Waals surface area contributed by atoms with E-state index in [0.717, 1.165) is 5.75 Å². The first-order valence-electron chi connectivity index (χ1n) is 5.07. The summed E-state index contributed by atoms with van der Waals surface area (Å²) < 4.78 is 5.29. The van der Waals surface area contributed by atoms with Crippen LogP contribution in [0.2, 0.25) is 0 Å². The number of carbonyl (C=O) groups excluding carboxylic acids is 1. The summed E-state index contributed by atoms with van der Waals surface area (Å²) in [5, 5.41) is 15.3. The Morgan fingerprint density at radius 3 is 2.76 bits per heavy atom. The fraction of sp³-hybridized carbons (Fsp3) is 0.200. The zero-order chi connectivity index (χ0) is 12.1. The van der Waals surface area contributed by atoms with Crippen LogP contribution in [0.5, 0.6) is 5.75 Å². The second-order valence-corrected chi connectivity index (χ2v) is 3.15. The maximum atomic E-state index is 11.6. The Balaban J connectivity index is 2.01. The number of benzene rings is 1. The van der Waals surface area contributed by atoms with Crippen molar-refractivity contribution in [1.29, 1.82) is 0 Å². The number of nitrogens with one attached hydrogen (secondary N) is 2. The summed E-state index contributed by atoms with van der Waals surface area (Å²) >= 11 is 0. The van der Waals surface area contributed by atoms with Gasteiger partial charge < -0.3 is 10.1 Å². The van der Waals surface area contributed by atoms with E-state index in [1.54, 1.807) is 24.3 Å². The summed E-state index contributed by atoms with van der Waals surface area (Å²) in [5.74, 6) is 0.340. The Labute approximate surface area is 97.2 Å². The molecule has 1 aromatic carbocycles. The molecule has 2 aromatic rings. The normalized spacial score (nSPS) is 9.94. The van der Waals surface area contributed by atoms with Crippen molar-refractivity contribution in [2.75, 3.05) is 11.9 Å². The van der Waals surface area contributed by atoms with E-state index in [9.17, 15) is 4.79 Å². The quantitative estimate of drug-likeness (QED) is 0.816. The third-order valence-electron chi connectivity index (χ3n) is 1.97. The van der Waals surface area contributed by atoms with E-state index in [1.165, 1.54) is 0 Å². The second kappa shape index (κ2) is 5.06. The van der Waals surface area contributed by atoms with Crippen LogP contribution in [0.4, 0.5) is 5.69 Å². The van der Waals surface area contributed by atoms with Crippen molar-refractivity contribution in [2.45, 2.75) is 6.92 Å². The minimum atomic E-state index is -0.414. The number of hydrogen-bond acceptors (Lipinski definition) is 5. The van der Waals surface area contributed by atoms with Gasteiger partial charge in [-0.15, -0.1) is 10.2 Å². The van der Waals surface area contributed by atoms with Crippen molar-refractivity contribution in [3.8, 4) is 5.75 Å². The highest BCUT2D eigenvalue weighted by Crippen LogP contribution is 2.15. The van der Waals surface area contributed by atoms with E-state index >= 15 is 0 Å². The van der Waals surface area contributed by atoms with Gasteiger partial charge in [-0.3, -0.25) is 4.79 Å². The van der Waals surface area contributed by atoms with Crippen molar-refractivity contribution in [1.82, 2.24) is 20.6 Å². The Morgan fingerprint density at radius 2 is 2.18 bits per heavy atom. The Kier molecular flexibility index (Phi) is 3.29. The number of nitrogens with zero attached hydrogens (tertiary/aromatic N) is 3. The summed E-state index contributed by atoms with van der Waals surface area (Å²) in [6.45, 7) is 2.51. The van der Waals surface area contributed by atoms with Gasteiger partial charge in [-0.25, -0.2) is 0 Å². The van der Waals surface area contributed by atoms with Crippen LogP contribution >= 0.6 is 0 Å². The van der Waals surface area contributed by atoms with Crippen LogP contribution in [0.1, 0.15) is 17.5 Å². The van der Waals surface area contributed by atoms with Crippen LogP contribution in [0.3, 0.4) is 0 Å². The molecule has 0 radical (unpaired) electrons. The predicted octanol–water partition coefficient (Wildman–Crippen LogP) is 0.851. The first-order chi connectivity index (χ1) is 8.29. The largest absolute Gasteiger partial charge is 0.494 e. The van der Waals surface area contributed by atoms with Crippen molar-refractivity contribution < 1.29 is 9.53 Å². The number of hydrogen-bond donors (Lipinski definition) is 2. The zero-order valence-electron chi connectivity index (χ0n) is 9.17. The molecule has 0 saturated heterocycles. The molecule has 1 aromatic heterocycles. The molecule has 7 heteroatoms. The SMILES string of the molecule is CCOc1ccc(NC(=O)c2nn[nH]n2)cc1. The Morgan fingerprint density at radius 1 is 1.41 bits per heavy atom. The smallest absolute Gasteiger partial charge is 0.297 e. The monoisotopic (exact) mass is 233 g/mol. The topological polar surface area (TPSA) is 92.8 Å². The van der Waals surface area contributed by atoms with Crippen LogP contribution in [-0.2, 0) is 0 Å². The number of rotatable bonds is 4. The van der Waals surface area contributed by atoms with Crippen LogP contribution in [0, 0.1) is 0 Å². The number of H-pyrrole nitrogens is 1. The molecule has 0 bridgehead atoms. The van der Waals surface area contributed by atoms with Crippen molar-refractivity contribution >= 4 is 11.6 Å². The van der Waals surface area contributed by atoms with E-state index in [1.807, 2.05) is 6.92 Å². The molecular formula is C10H11N5O2. The molecule has 7 nitrogen and oxygen atoms in total. The molecule has 0 spiro atoms. The number of aromatic amines is 1. The molecule has 88 valence electrons. The predicted molar refractivity (Wildman–Crippen MR) is 59.7 cm³/mol. The average Bonchev–Trinajstić information content (AvgIpc) is 2.86. The lowest BCUT2D eigenvalue weighted by Crippen LogP contribution is -2.13. The highest BCUT2D eigenvalue weighted by molar-refractivity contribution is 6.01. The fourth-order valence-corrected chi connectivity index (χ4v) is 1.25. The van der Waals surface area contributed by atoms with Crippen LogP contribution in [0.15, 0.2) is 24.3 Å². The van der Waals surface area contributed by atoms with Crippen molar-refractivity contribution in [3.05, 3.63) is 30.1 Å². The lowest BCUT2D eigenvalue weighted by molar-refractivity contribution is 0.101. The van der Waals surface area contributed by atoms with Gasteiger partial charge in [-0.2, -0.15) is 5.21 Å². The summed E-state index contributed by atoms with van der Waals surface area (Å²) in [6, 6.07) is 7.02. The molecule has 0 atom stereocenters. The van der Waals surface area contributed by atoms with Gasteiger partial charge in [0.15, 0.2) is 0 Å². The van der Waals surface area contributed by atoms with Gasteiger partial charge in [0.1, 0.15) is 5.75 Å². The highest BCUT2D eigenvalue weighted by atomic mass is 16.5. The maximum absolute atomic E-state index is 11.6. The van der Waals surface area contributed by atoms with Gasteiger partial charge in [0.25, 0.3) is 11.7 Å². The molecule has 2 N–H and O–H groups in total. The number of tetrazole rings is 1. The molecule has 0 aliphatic rings. The van der Waals surface area contributed by atoms with Crippen LogP contribution < -0.4 is 10.1 Å². The van der Waals surface area contributed by atoms with Gasteiger partial charge in [0.2, 0.25) is 0 Å². The average molecular weight is 233 g/mol. The minimum absolute atomic E-state index is 0.00103. The molecule has 0 aliphatic heterocycles. The molecule has 0 unspecified atom stereocenters. The molecule has 2 rings (SSSR count). The first kappa shape index (κ1) is 11.1. The number of anilines is 1. The summed E-state index contributed by atoms with van der Waals surface area (Å²) in [6.07, 6.45) is 0. The standard InChI is InChI=1S/C10H11N5O2/c1-2-17-8-5-3-7(4-6-8)11-10(16)9-12-14-15-13-9/h3-6H,2H2,1H3,(H,11,16)(H,12,13,14,15). The van der Waals surface area contributed by atoms with E-state index < -0.39 is 5.91 Å². The molecular weight excluding hydrogens is 222 g/mol. The number of ether oxygens (including phenoxy) is 1. The lowest BCUT2D eigenvalue weighted by atomic mass is 10.3. The molecule has 1 heterocycles. The number of carbonyl (C=O) groups is 1. The van der Waals surface area contributed by atoms with E-state index in [0.29, 0.717) is 12.3 Å². The summed E-state index contributed by atoms with van der Waals surface area (Å²) in [4.78, 5) is 11.6. The van der Waals surface area contributed by atoms with Crippen LogP contribution in [0.25, 0.3) is 0 Å². The Hall–Kier alpha value is -2.44. The molecule has 17 heavy (non-hydrogen) atoms. The second-order valence-electron chi connectivity index (χ2n) is 3.15. The fourth-order valence-electron chi connectivity index (χ4n) is 1.25. The van der Waals surface area contributed by atoms with Crippen molar-refractivity contribution in [2.24, 2.45) is 0 Å². The van der Waals surface area contributed by atoms with Crippen molar-refractivity contribution in [3.63, 3.8) is 0 Å². The molecule has 1 amide bonds. The highest BCUT2D eigenvalue weighted by Gasteiger charge is 2.10. The van der Waals surface area contributed by atoms with Crippen LogP contribution in [-0.4, -0.2) is 33.1 Å². The van der Waals surface area contributed by atoms with E-state index in [4.69, 9.17) is 4.74 Å². The van der Waals surface area contributed by atoms with E-state index in [-0.39, 0.29) is 5.82 Å². The number of amides is 1. The number of aromatic nitrogens is 4. The lowest BCUT2D eigenvalue weighted by Gasteiger charge is -2.05. The summed E-state index contributed by atoms with van der Waals surface area (Å²) in [5.41, 5.74) is 0.642. The molecule has 0 saturated carbocycles. The van der Waals surface area contributed by atoms with E-state index in [2.05, 4.69) is 25.9 Å². The minimum Gasteiger partial charge on any atom is -0.494 e.